The highest BCUT2D eigenvalue weighted by molar-refractivity contribution is 5.25. The number of nitrogens with zero attached hydrogens (tertiary/aromatic N) is 1. The van der Waals surface area contributed by atoms with Crippen LogP contribution in [0, 0.1) is 6.92 Å². The Morgan fingerprint density at radius 3 is 2.73 bits per heavy atom. The number of aromatic nitrogens is 1. The Hall–Kier alpha value is -0.930. The molecule has 1 aromatic heterocycles. The molecule has 0 aliphatic heterocycles. The summed E-state index contributed by atoms with van der Waals surface area (Å²) < 4.78 is 0. The summed E-state index contributed by atoms with van der Waals surface area (Å²) in [5, 5.41) is 9.47. The number of nitrogens with two attached hydrogens (primary N) is 1. The number of aliphatic hydroxyl groups is 1. The van der Waals surface area contributed by atoms with E-state index in [0.29, 0.717) is 0 Å². The van der Waals surface area contributed by atoms with Gasteiger partial charge in [-0.15, -0.1) is 0 Å². The largest absolute Gasteiger partial charge is 0.393 e. The average Bonchev–Trinajstić information content (AvgIpc) is 2.23. The van der Waals surface area contributed by atoms with Crippen molar-refractivity contribution in [2.45, 2.75) is 44.2 Å². The summed E-state index contributed by atoms with van der Waals surface area (Å²) in [6.07, 6.45) is 4.97. The molecule has 0 spiro atoms. The number of hydrogen-bond donors (Lipinski definition) is 2. The zero-order valence-corrected chi connectivity index (χ0v) is 9.11. The first-order chi connectivity index (χ1) is 7.10. The van der Waals surface area contributed by atoms with Gasteiger partial charge in [0.15, 0.2) is 0 Å². The van der Waals surface area contributed by atoms with Crippen LogP contribution in [-0.4, -0.2) is 16.2 Å². The summed E-state index contributed by atoms with van der Waals surface area (Å²) in [4.78, 5) is 4.18. The molecule has 0 saturated heterocycles. The zero-order valence-electron chi connectivity index (χ0n) is 9.11. The second-order valence-electron chi connectivity index (χ2n) is 4.57. The van der Waals surface area contributed by atoms with Gasteiger partial charge in [-0.2, -0.15) is 0 Å². The predicted molar refractivity (Wildman–Crippen MR) is 59.3 cm³/mol. The maximum absolute atomic E-state index is 9.47. The van der Waals surface area contributed by atoms with Crippen LogP contribution in [0.5, 0.6) is 0 Å². The maximum Gasteiger partial charge on any atom is 0.0541 e. The molecule has 1 saturated carbocycles. The number of hydrogen-bond acceptors (Lipinski definition) is 3. The standard InChI is InChI=1S/C12H18N2O/c1-9-8-10(4-7-14-9)12(13)5-2-11(15)3-6-12/h4,7-8,11,15H,2-3,5-6,13H2,1H3. The third-order valence-corrected chi connectivity index (χ3v) is 3.32. The Labute approximate surface area is 90.3 Å². The van der Waals surface area contributed by atoms with Gasteiger partial charge in [0.2, 0.25) is 0 Å². The molecule has 0 radical (unpaired) electrons. The number of pyridine rings is 1. The number of aryl methyl sites for hydroxylation is 1. The Morgan fingerprint density at radius 1 is 1.47 bits per heavy atom. The molecular weight excluding hydrogens is 188 g/mol. The van der Waals surface area contributed by atoms with Crippen molar-refractivity contribution >= 4 is 0 Å². The molecule has 1 aliphatic carbocycles. The monoisotopic (exact) mass is 206 g/mol. The van der Waals surface area contributed by atoms with E-state index >= 15 is 0 Å². The molecule has 82 valence electrons. The fourth-order valence-electron chi connectivity index (χ4n) is 2.26. The van der Waals surface area contributed by atoms with Crippen molar-refractivity contribution < 1.29 is 5.11 Å². The lowest BCUT2D eigenvalue weighted by Crippen LogP contribution is -2.41. The SMILES string of the molecule is Cc1cc(C2(N)CCC(O)CC2)ccn1. The summed E-state index contributed by atoms with van der Waals surface area (Å²) in [5.74, 6) is 0. The van der Waals surface area contributed by atoms with Crippen LogP contribution in [-0.2, 0) is 5.54 Å². The van der Waals surface area contributed by atoms with Gasteiger partial charge in [-0.25, -0.2) is 0 Å². The molecular formula is C12H18N2O. The van der Waals surface area contributed by atoms with Gasteiger partial charge < -0.3 is 10.8 Å². The summed E-state index contributed by atoms with van der Waals surface area (Å²) in [6.45, 7) is 1.98. The van der Waals surface area contributed by atoms with Gasteiger partial charge in [-0.3, -0.25) is 4.98 Å². The molecule has 0 unspecified atom stereocenters. The van der Waals surface area contributed by atoms with Crippen LogP contribution >= 0.6 is 0 Å². The van der Waals surface area contributed by atoms with Gasteiger partial charge in [-0.05, 0) is 50.3 Å². The highest BCUT2D eigenvalue weighted by atomic mass is 16.3. The average molecular weight is 206 g/mol. The molecule has 1 aliphatic rings. The minimum Gasteiger partial charge on any atom is -0.393 e. The molecule has 1 fully saturated rings. The van der Waals surface area contributed by atoms with Crippen LogP contribution in [0.3, 0.4) is 0 Å². The minimum atomic E-state index is -0.257. The molecule has 3 heteroatoms. The van der Waals surface area contributed by atoms with E-state index in [4.69, 9.17) is 5.73 Å². The Kier molecular flexibility index (Phi) is 2.76. The van der Waals surface area contributed by atoms with Crippen molar-refractivity contribution in [3.8, 4) is 0 Å². The van der Waals surface area contributed by atoms with E-state index < -0.39 is 0 Å². The molecule has 0 aromatic carbocycles. The Bertz CT molecular complexity index is 343. The van der Waals surface area contributed by atoms with Crippen molar-refractivity contribution in [2.24, 2.45) is 5.73 Å². The van der Waals surface area contributed by atoms with E-state index in [9.17, 15) is 5.11 Å². The lowest BCUT2D eigenvalue weighted by Gasteiger charge is -2.36. The van der Waals surface area contributed by atoms with Gasteiger partial charge >= 0.3 is 0 Å². The third kappa shape index (κ3) is 2.19. The lowest BCUT2D eigenvalue weighted by molar-refractivity contribution is 0.0969. The van der Waals surface area contributed by atoms with Gasteiger partial charge in [0.05, 0.1) is 6.10 Å². The second-order valence-corrected chi connectivity index (χ2v) is 4.57. The number of aliphatic hydroxyl groups excluding tert-OH is 1. The van der Waals surface area contributed by atoms with Gasteiger partial charge in [0.25, 0.3) is 0 Å². The first-order valence-electron chi connectivity index (χ1n) is 5.50. The first-order valence-corrected chi connectivity index (χ1v) is 5.50. The highest BCUT2D eigenvalue weighted by Gasteiger charge is 2.32. The molecule has 1 aromatic rings. The summed E-state index contributed by atoms with van der Waals surface area (Å²) in [5.41, 5.74) is 8.27. The fourth-order valence-corrected chi connectivity index (χ4v) is 2.26. The predicted octanol–water partition coefficient (Wildman–Crippen LogP) is 1.48. The normalized spacial score (nSPS) is 31.5. The maximum atomic E-state index is 9.47. The van der Waals surface area contributed by atoms with E-state index in [-0.39, 0.29) is 11.6 Å². The van der Waals surface area contributed by atoms with Gasteiger partial charge in [-0.1, -0.05) is 0 Å². The van der Waals surface area contributed by atoms with E-state index in [0.717, 1.165) is 36.9 Å². The highest BCUT2D eigenvalue weighted by Crippen LogP contribution is 2.34. The van der Waals surface area contributed by atoms with Crippen LogP contribution in [0.1, 0.15) is 36.9 Å². The minimum absolute atomic E-state index is 0.162. The van der Waals surface area contributed by atoms with E-state index in [1.807, 2.05) is 19.2 Å². The van der Waals surface area contributed by atoms with Crippen molar-refractivity contribution in [3.63, 3.8) is 0 Å². The van der Waals surface area contributed by atoms with Crippen molar-refractivity contribution in [3.05, 3.63) is 29.6 Å². The van der Waals surface area contributed by atoms with Crippen LogP contribution in [0.25, 0.3) is 0 Å². The number of rotatable bonds is 1. The van der Waals surface area contributed by atoms with E-state index in [2.05, 4.69) is 11.1 Å². The molecule has 0 atom stereocenters. The molecule has 0 bridgehead atoms. The topological polar surface area (TPSA) is 59.1 Å². The molecule has 0 amide bonds. The van der Waals surface area contributed by atoms with Crippen LogP contribution < -0.4 is 5.73 Å². The van der Waals surface area contributed by atoms with Crippen molar-refractivity contribution in [2.75, 3.05) is 0 Å². The molecule has 15 heavy (non-hydrogen) atoms. The third-order valence-electron chi connectivity index (χ3n) is 3.32. The fraction of sp³-hybridized carbons (Fsp3) is 0.583. The van der Waals surface area contributed by atoms with E-state index in [1.54, 1.807) is 0 Å². The summed E-state index contributed by atoms with van der Waals surface area (Å²) in [6, 6.07) is 4.04. The zero-order chi connectivity index (χ0) is 10.9. The summed E-state index contributed by atoms with van der Waals surface area (Å²) >= 11 is 0. The quantitative estimate of drug-likeness (QED) is 0.731. The van der Waals surface area contributed by atoms with E-state index in [1.165, 1.54) is 0 Å². The lowest BCUT2D eigenvalue weighted by atomic mass is 9.76. The first kappa shape index (κ1) is 10.6. The molecule has 1 heterocycles. The van der Waals surface area contributed by atoms with Gasteiger partial charge in [0.1, 0.15) is 0 Å². The van der Waals surface area contributed by atoms with Crippen molar-refractivity contribution in [1.29, 1.82) is 0 Å². The smallest absolute Gasteiger partial charge is 0.0541 e. The Balaban J connectivity index is 2.22. The van der Waals surface area contributed by atoms with Gasteiger partial charge in [0, 0.05) is 17.4 Å². The van der Waals surface area contributed by atoms with Crippen LogP contribution in [0.2, 0.25) is 0 Å². The molecule has 3 N–H and O–H groups in total. The van der Waals surface area contributed by atoms with Crippen molar-refractivity contribution in [1.82, 2.24) is 4.98 Å². The molecule has 2 rings (SSSR count). The van der Waals surface area contributed by atoms with Crippen LogP contribution in [0.15, 0.2) is 18.3 Å². The van der Waals surface area contributed by atoms with Crippen LogP contribution in [0.4, 0.5) is 0 Å². The second kappa shape index (κ2) is 3.91. The summed E-state index contributed by atoms with van der Waals surface area (Å²) in [7, 11) is 0. The Morgan fingerprint density at radius 2 is 2.13 bits per heavy atom. The molecule has 3 nitrogen and oxygen atoms in total.